The third kappa shape index (κ3) is 4.75. The molecule has 0 saturated heterocycles. The third-order valence-corrected chi connectivity index (χ3v) is 4.28. The van der Waals surface area contributed by atoms with E-state index in [0.29, 0.717) is 6.54 Å². The predicted octanol–water partition coefficient (Wildman–Crippen LogP) is 2.45. The van der Waals surface area contributed by atoms with Gasteiger partial charge in [0, 0.05) is 33.4 Å². The molecule has 0 aliphatic carbocycles. The summed E-state index contributed by atoms with van der Waals surface area (Å²) >= 11 is 0. The number of rotatable bonds is 6. The van der Waals surface area contributed by atoms with Crippen LogP contribution in [0.1, 0.15) is 17.9 Å². The summed E-state index contributed by atoms with van der Waals surface area (Å²) in [7, 11) is 3.72. The average Bonchev–Trinajstić information content (AvgIpc) is 3.17. The van der Waals surface area contributed by atoms with E-state index in [2.05, 4.69) is 55.4 Å². The summed E-state index contributed by atoms with van der Waals surface area (Å²) in [5.41, 5.74) is 3.36. The van der Waals surface area contributed by atoms with Gasteiger partial charge >= 0.3 is 0 Å². The Bertz CT molecular complexity index is 865. The van der Waals surface area contributed by atoms with Crippen molar-refractivity contribution in [3.8, 4) is 0 Å². The molecule has 8 heteroatoms. The second-order valence-corrected chi connectivity index (χ2v) is 5.95. The molecule has 3 rings (SSSR count). The molecule has 0 fully saturated rings. The first-order valence-electron chi connectivity index (χ1n) is 8.52. The molecule has 2 aromatic heterocycles. The molecule has 0 aliphatic heterocycles. The fourth-order valence-electron chi connectivity index (χ4n) is 2.89. The number of hydrogen-bond donors (Lipinski definition) is 2. The first kappa shape index (κ1) is 20.2. The van der Waals surface area contributed by atoms with Gasteiger partial charge in [0.2, 0.25) is 0 Å². The van der Waals surface area contributed by atoms with Gasteiger partial charge in [-0.15, -0.1) is 24.0 Å². The van der Waals surface area contributed by atoms with Crippen LogP contribution in [0.4, 0.5) is 0 Å². The molecule has 2 heterocycles. The Balaban J connectivity index is 0.00000243. The van der Waals surface area contributed by atoms with Gasteiger partial charge in [0.15, 0.2) is 5.96 Å². The van der Waals surface area contributed by atoms with Crippen molar-refractivity contribution < 1.29 is 0 Å². The third-order valence-electron chi connectivity index (χ3n) is 4.28. The van der Waals surface area contributed by atoms with Gasteiger partial charge in [-0.3, -0.25) is 9.67 Å². The number of imidazole rings is 1. The zero-order valence-electron chi connectivity index (χ0n) is 15.4. The average molecular weight is 467 g/mol. The molecular formula is C18H26IN7. The number of para-hydroxylation sites is 2. The summed E-state index contributed by atoms with van der Waals surface area (Å²) in [4.78, 5) is 8.87. The summed E-state index contributed by atoms with van der Waals surface area (Å²) in [6.45, 7) is 4.53. The summed E-state index contributed by atoms with van der Waals surface area (Å²) in [6.07, 6.45) is 2.79. The maximum absolute atomic E-state index is 4.61. The van der Waals surface area contributed by atoms with E-state index in [9.17, 15) is 0 Å². The molecule has 26 heavy (non-hydrogen) atoms. The zero-order valence-corrected chi connectivity index (χ0v) is 17.8. The number of aromatic nitrogens is 4. The largest absolute Gasteiger partial charge is 0.356 e. The van der Waals surface area contributed by atoms with E-state index in [1.807, 2.05) is 23.9 Å². The van der Waals surface area contributed by atoms with Crippen LogP contribution in [0.15, 0.2) is 41.5 Å². The predicted molar refractivity (Wildman–Crippen MR) is 116 cm³/mol. The highest BCUT2D eigenvalue weighted by Gasteiger charge is 2.06. The number of hydrogen-bond acceptors (Lipinski definition) is 3. The van der Waals surface area contributed by atoms with Gasteiger partial charge in [-0.2, -0.15) is 5.10 Å². The number of halogens is 1. The Morgan fingerprint density at radius 2 is 2.00 bits per heavy atom. The Labute approximate surface area is 170 Å². The minimum Gasteiger partial charge on any atom is -0.356 e. The molecule has 0 amide bonds. The maximum atomic E-state index is 4.61. The van der Waals surface area contributed by atoms with Crippen LogP contribution in [0, 0.1) is 6.92 Å². The highest BCUT2D eigenvalue weighted by atomic mass is 127. The molecular weight excluding hydrogens is 441 g/mol. The molecule has 0 atom stereocenters. The number of aliphatic imine (C=N–C) groups is 1. The monoisotopic (exact) mass is 467 g/mol. The van der Waals surface area contributed by atoms with Crippen LogP contribution in [-0.4, -0.2) is 38.9 Å². The lowest BCUT2D eigenvalue weighted by Gasteiger charge is -2.12. The van der Waals surface area contributed by atoms with E-state index in [1.165, 1.54) is 5.52 Å². The molecule has 0 saturated carbocycles. The van der Waals surface area contributed by atoms with E-state index in [-0.39, 0.29) is 24.0 Å². The Hall–Kier alpha value is -2.10. The van der Waals surface area contributed by atoms with Crippen LogP contribution in [0.5, 0.6) is 0 Å². The number of nitrogens with one attached hydrogen (secondary N) is 2. The quantitative estimate of drug-likeness (QED) is 0.253. The molecule has 3 aromatic rings. The van der Waals surface area contributed by atoms with Gasteiger partial charge in [0.05, 0.1) is 23.3 Å². The molecule has 1 aromatic carbocycles. The van der Waals surface area contributed by atoms with Crippen molar-refractivity contribution in [1.29, 1.82) is 0 Å². The summed E-state index contributed by atoms with van der Waals surface area (Å²) in [6, 6.07) is 10.3. The number of aryl methyl sites for hydroxylation is 3. The van der Waals surface area contributed by atoms with Gasteiger partial charge in [0.25, 0.3) is 0 Å². The fraction of sp³-hybridized carbons (Fsp3) is 0.389. The first-order chi connectivity index (χ1) is 12.2. The molecule has 2 N–H and O–H groups in total. The number of benzene rings is 1. The molecule has 0 unspecified atom stereocenters. The molecule has 0 aliphatic rings. The minimum atomic E-state index is 0. The summed E-state index contributed by atoms with van der Waals surface area (Å²) < 4.78 is 4.12. The number of guanidine groups is 1. The van der Waals surface area contributed by atoms with Gasteiger partial charge in [0.1, 0.15) is 5.82 Å². The second kappa shape index (κ2) is 9.56. The lowest BCUT2D eigenvalue weighted by atomic mass is 10.3. The van der Waals surface area contributed by atoms with Gasteiger partial charge in [-0.05, 0) is 31.5 Å². The Morgan fingerprint density at radius 3 is 2.73 bits per heavy atom. The molecule has 7 nitrogen and oxygen atoms in total. The van der Waals surface area contributed by atoms with E-state index >= 15 is 0 Å². The number of nitrogens with zero attached hydrogens (tertiary/aromatic N) is 5. The topological polar surface area (TPSA) is 72.1 Å². The van der Waals surface area contributed by atoms with Crippen LogP contribution >= 0.6 is 24.0 Å². The first-order valence-corrected chi connectivity index (χ1v) is 8.52. The lowest BCUT2D eigenvalue weighted by Crippen LogP contribution is -2.37. The van der Waals surface area contributed by atoms with Crippen molar-refractivity contribution in [2.75, 3.05) is 13.6 Å². The van der Waals surface area contributed by atoms with Crippen LogP contribution in [0.2, 0.25) is 0 Å². The van der Waals surface area contributed by atoms with Crippen molar-refractivity contribution >= 4 is 41.0 Å². The van der Waals surface area contributed by atoms with Gasteiger partial charge < -0.3 is 15.2 Å². The van der Waals surface area contributed by atoms with Crippen LogP contribution in [0.25, 0.3) is 11.0 Å². The van der Waals surface area contributed by atoms with Crippen LogP contribution in [-0.2, 0) is 20.1 Å². The molecule has 0 radical (unpaired) electrons. The van der Waals surface area contributed by atoms with E-state index in [4.69, 9.17) is 0 Å². The van der Waals surface area contributed by atoms with E-state index in [0.717, 1.165) is 42.5 Å². The fourth-order valence-corrected chi connectivity index (χ4v) is 2.89. The summed E-state index contributed by atoms with van der Waals surface area (Å²) in [5.74, 6) is 1.85. The Kier molecular flexibility index (Phi) is 7.43. The van der Waals surface area contributed by atoms with Crippen molar-refractivity contribution in [2.45, 2.75) is 26.4 Å². The van der Waals surface area contributed by atoms with Crippen molar-refractivity contribution in [2.24, 2.45) is 12.0 Å². The van der Waals surface area contributed by atoms with Gasteiger partial charge in [-0.1, -0.05) is 12.1 Å². The highest BCUT2D eigenvalue weighted by Crippen LogP contribution is 2.15. The second-order valence-electron chi connectivity index (χ2n) is 5.95. The minimum absolute atomic E-state index is 0. The van der Waals surface area contributed by atoms with Crippen molar-refractivity contribution in [3.63, 3.8) is 0 Å². The SMILES string of the molecule is CN=C(NCCCn1c(C)nc2ccccc21)NCc1ccnn1C.I. The van der Waals surface area contributed by atoms with Crippen molar-refractivity contribution in [3.05, 3.63) is 48.0 Å². The number of fused-ring (bicyclic) bond motifs is 1. The maximum Gasteiger partial charge on any atom is 0.191 e. The smallest absolute Gasteiger partial charge is 0.191 e. The normalized spacial score (nSPS) is 11.4. The van der Waals surface area contributed by atoms with Crippen LogP contribution in [0.3, 0.4) is 0 Å². The highest BCUT2D eigenvalue weighted by molar-refractivity contribution is 14.0. The Morgan fingerprint density at radius 1 is 1.19 bits per heavy atom. The van der Waals surface area contributed by atoms with E-state index in [1.54, 1.807) is 13.2 Å². The lowest BCUT2D eigenvalue weighted by molar-refractivity contribution is 0.621. The molecule has 140 valence electrons. The zero-order chi connectivity index (χ0) is 17.6. The standard InChI is InChI=1S/C18H25N7.HI/c1-14-23-16-7-4-5-8-17(16)25(14)12-6-10-20-18(19-2)21-13-15-9-11-22-24(15)3;/h4-5,7-9,11H,6,10,12-13H2,1-3H3,(H2,19,20,21);1H. The molecule has 0 spiro atoms. The molecule has 0 bridgehead atoms. The van der Waals surface area contributed by atoms with E-state index < -0.39 is 0 Å². The summed E-state index contributed by atoms with van der Waals surface area (Å²) in [5, 5.41) is 10.8. The van der Waals surface area contributed by atoms with Crippen molar-refractivity contribution in [1.82, 2.24) is 30.0 Å². The van der Waals surface area contributed by atoms with Crippen LogP contribution < -0.4 is 10.6 Å². The van der Waals surface area contributed by atoms with Gasteiger partial charge in [-0.25, -0.2) is 4.98 Å².